The Morgan fingerprint density at radius 1 is 1.44 bits per heavy atom. The highest BCUT2D eigenvalue weighted by molar-refractivity contribution is 5.94. The molecule has 0 heterocycles. The van der Waals surface area contributed by atoms with Crippen LogP contribution in [-0.4, -0.2) is 29.6 Å². The first-order valence-electron chi connectivity index (χ1n) is 5.74. The Hall–Kier alpha value is -2.04. The van der Waals surface area contributed by atoms with E-state index in [2.05, 4.69) is 5.32 Å². The predicted molar refractivity (Wildman–Crippen MR) is 66.4 cm³/mol. The minimum Gasteiger partial charge on any atom is -0.507 e. The number of nitrogens with one attached hydrogen (secondary N) is 1. The van der Waals surface area contributed by atoms with Gasteiger partial charge in [-0.1, -0.05) is 11.6 Å². The molecule has 0 fully saturated rings. The van der Waals surface area contributed by atoms with Crippen molar-refractivity contribution in [3.63, 3.8) is 0 Å². The first-order valence-corrected chi connectivity index (χ1v) is 5.74. The van der Waals surface area contributed by atoms with E-state index >= 15 is 0 Å². The second-order valence-corrected chi connectivity index (χ2v) is 3.96. The lowest BCUT2D eigenvalue weighted by Crippen LogP contribution is -2.35. The number of carbonyl (C=O) groups is 2. The molecule has 0 saturated heterocycles. The Morgan fingerprint density at radius 2 is 2.11 bits per heavy atom. The zero-order valence-corrected chi connectivity index (χ0v) is 10.7. The number of esters is 1. The summed E-state index contributed by atoms with van der Waals surface area (Å²) in [5.41, 5.74) is 0.886. The Kier molecular flexibility index (Phi) is 4.71. The standard InChI is InChI=1S/C13H17NO4/c1-4-14-12(16)9(3)18-13(17)10-7-8(2)5-6-11(10)15/h5-7,9,15H,4H2,1-3H3,(H,14,16)/t9-/m0/s1. The van der Waals surface area contributed by atoms with Gasteiger partial charge in [-0.15, -0.1) is 0 Å². The van der Waals surface area contributed by atoms with Crippen LogP contribution in [0.15, 0.2) is 18.2 Å². The number of hydrogen-bond acceptors (Lipinski definition) is 4. The van der Waals surface area contributed by atoms with Gasteiger partial charge in [0.15, 0.2) is 6.10 Å². The average Bonchev–Trinajstić information content (AvgIpc) is 2.32. The molecule has 1 amide bonds. The first-order chi connectivity index (χ1) is 8.45. The summed E-state index contributed by atoms with van der Waals surface area (Å²) in [5, 5.41) is 12.1. The monoisotopic (exact) mass is 251 g/mol. The Balaban J connectivity index is 2.76. The summed E-state index contributed by atoms with van der Waals surface area (Å²) in [6, 6.07) is 4.62. The van der Waals surface area contributed by atoms with Crippen molar-refractivity contribution in [2.24, 2.45) is 0 Å². The van der Waals surface area contributed by atoms with Crippen molar-refractivity contribution >= 4 is 11.9 Å². The van der Waals surface area contributed by atoms with Crippen molar-refractivity contribution in [3.8, 4) is 5.75 Å². The van der Waals surface area contributed by atoms with Crippen molar-refractivity contribution in [2.75, 3.05) is 6.54 Å². The summed E-state index contributed by atoms with van der Waals surface area (Å²) in [5.74, 6) is -1.23. The van der Waals surface area contributed by atoms with E-state index in [-0.39, 0.29) is 17.2 Å². The Labute approximate surface area is 106 Å². The number of benzene rings is 1. The second-order valence-electron chi connectivity index (χ2n) is 3.96. The molecular formula is C13H17NO4. The summed E-state index contributed by atoms with van der Waals surface area (Å²) in [7, 11) is 0. The molecule has 5 nitrogen and oxygen atoms in total. The molecule has 5 heteroatoms. The summed E-state index contributed by atoms with van der Waals surface area (Å²) in [6.45, 7) is 5.52. The smallest absolute Gasteiger partial charge is 0.342 e. The minimum absolute atomic E-state index is 0.0612. The highest BCUT2D eigenvalue weighted by Gasteiger charge is 2.20. The van der Waals surface area contributed by atoms with Gasteiger partial charge in [-0.05, 0) is 32.9 Å². The molecule has 0 unspecified atom stereocenters. The van der Waals surface area contributed by atoms with E-state index in [1.165, 1.54) is 19.1 Å². The largest absolute Gasteiger partial charge is 0.507 e. The highest BCUT2D eigenvalue weighted by Crippen LogP contribution is 2.19. The normalized spacial score (nSPS) is 11.7. The SMILES string of the molecule is CCNC(=O)[C@H](C)OC(=O)c1cc(C)ccc1O. The molecule has 1 rings (SSSR count). The molecule has 0 aliphatic carbocycles. The third-order valence-electron chi connectivity index (χ3n) is 2.38. The fourth-order valence-electron chi connectivity index (χ4n) is 1.41. The molecule has 0 aromatic heterocycles. The molecule has 0 aliphatic heterocycles. The number of likely N-dealkylation sites (N-methyl/N-ethyl adjacent to an activating group) is 1. The first kappa shape index (κ1) is 14.0. The molecular weight excluding hydrogens is 234 g/mol. The maximum absolute atomic E-state index is 11.8. The average molecular weight is 251 g/mol. The number of aromatic hydroxyl groups is 1. The van der Waals surface area contributed by atoms with Crippen LogP contribution in [0.4, 0.5) is 0 Å². The van der Waals surface area contributed by atoms with E-state index in [9.17, 15) is 14.7 Å². The Morgan fingerprint density at radius 3 is 2.72 bits per heavy atom. The van der Waals surface area contributed by atoms with E-state index in [0.29, 0.717) is 6.54 Å². The zero-order chi connectivity index (χ0) is 13.7. The summed E-state index contributed by atoms with van der Waals surface area (Å²) in [6.07, 6.45) is -0.891. The van der Waals surface area contributed by atoms with E-state index in [4.69, 9.17) is 4.74 Å². The van der Waals surface area contributed by atoms with Crippen molar-refractivity contribution in [1.82, 2.24) is 5.32 Å². The molecule has 1 atom stereocenters. The third-order valence-corrected chi connectivity index (χ3v) is 2.38. The molecule has 0 radical (unpaired) electrons. The van der Waals surface area contributed by atoms with Crippen LogP contribution in [-0.2, 0) is 9.53 Å². The fourth-order valence-corrected chi connectivity index (χ4v) is 1.41. The molecule has 98 valence electrons. The highest BCUT2D eigenvalue weighted by atomic mass is 16.5. The molecule has 18 heavy (non-hydrogen) atoms. The van der Waals surface area contributed by atoms with E-state index in [1.807, 2.05) is 0 Å². The molecule has 0 saturated carbocycles. The predicted octanol–water partition coefficient (Wildman–Crippen LogP) is 1.38. The molecule has 1 aromatic rings. The number of phenols is 1. The van der Waals surface area contributed by atoms with Crippen molar-refractivity contribution in [3.05, 3.63) is 29.3 Å². The minimum atomic E-state index is -0.891. The van der Waals surface area contributed by atoms with Gasteiger partial charge in [0.25, 0.3) is 5.91 Å². The van der Waals surface area contributed by atoms with Crippen molar-refractivity contribution < 1.29 is 19.4 Å². The summed E-state index contributed by atoms with van der Waals surface area (Å²) >= 11 is 0. The van der Waals surface area contributed by atoms with Gasteiger partial charge in [0.1, 0.15) is 11.3 Å². The van der Waals surface area contributed by atoms with Crippen LogP contribution in [0, 0.1) is 6.92 Å². The lowest BCUT2D eigenvalue weighted by atomic mass is 10.1. The molecule has 1 aromatic carbocycles. The maximum atomic E-state index is 11.8. The van der Waals surface area contributed by atoms with Gasteiger partial charge in [-0.2, -0.15) is 0 Å². The number of amides is 1. The molecule has 0 bridgehead atoms. The van der Waals surface area contributed by atoms with Gasteiger partial charge in [0, 0.05) is 6.54 Å². The number of aryl methyl sites for hydroxylation is 1. The van der Waals surface area contributed by atoms with Crippen molar-refractivity contribution in [1.29, 1.82) is 0 Å². The third kappa shape index (κ3) is 3.48. The molecule has 2 N–H and O–H groups in total. The Bertz CT molecular complexity index is 456. The van der Waals surface area contributed by atoms with Gasteiger partial charge in [-0.25, -0.2) is 4.79 Å². The number of rotatable bonds is 4. The van der Waals surface area contributed by atoms with Crippen LogP contribution >= 0.6 is 0 Å². The van der Waals surface area contributed by atoms with E-state index in [0.717, 1.165) is 5.56 Å². The van der Waals surface area contributed by atoms with Crippen LogP contribution in [0.25, 0.3) is 0 Å². The van der Waals surface area contributed by atoms with Crippen LogP contribution < -0.4 is 5.32 Å². The topological polar surface area (TPSA) is 75.6 Å². The number of phenolic OH excluding ortho intramolecular Hbond substituents is 1. The van der Waals surface area contributed by atoms with Crippen LogP contribution in [0.3, 0.4) is 0 Å². The fraction of sp³-hybridized carbons (Fsp3) is 0.385. The van der Waals surface area contributed by atoms with Gasteiger partial charge in [-0.3, -0.25) is 4.79 Å². The molecule has 0 spiro atoms. The van der Waals surface area contributed by atoms with Gasteiger partial charge >= 0.3 is 5.97 Å². The van der Waals surface area contributed by atoms with Gasteiger partial charge < -0.3 is 15.2 Å². The quantitative estimate of drug-likeness (QED) is 0.793. The van der Waals surface area contributed by atoms with Crippen LogP contribution in [0.2, 0.25) is 0 Å². The van der Waals surface area contributed by atoms with Gasteiger partial charge in [0.2, 0.25) is 0 Å². The number of carbonyl (C=O) groups excluding carboxylic acids is 2. The second kappa shape index (κ2) is 6.05. The van der Waals surface area contributed by atoms with E-state index in [1.54, 1.807) is 19.9 Å². The summed E-state index contributed by atoms with van der Waals surface area (Å²) in [4.78, 5) is 23.2. The number of ether oxygens (including phenoxy) is 1. The maximum Gasteiger partial charge on any atom is 0.342 e. The summed E-state index contributed by atoms with van der Waals surface area (Å²) < 4.78 is 4.98. The molecule has 0 aliphatic rings. The van der Waals surface area contributed by atoms with Gasteiger partial charge in [0.05, 0.1) is 0 Å². The van der Waals surface area contributed by atoms with E-state index < -0.39 is 12.1 Å². The number of hydrogen-bond donors (Lipinski definition) is 2. The van der Waals surface area contributed by atoms with Crippen LogP contribution in [0.1, 0.15) is 29.8 Å². The van der Waals surface area contributed by atoms with Crippen molar-refractivity contribution in [2.45, 2.75) is 26.9 Å². The van der Waals surface area contributed by atoms with Crippen LogP contribution in [0.5, 0.6) is 5.75 Å². The lowest BCUT2D eigenvalue weighted by Gasteiger charge is -2.13. The lowest BCUT2D eigenvalue weighted by molar-refractivity contribution is -0.128. The zero-order valence-electron chi connectivity index (χ0n) is 10.7.